The Hall–Kier alpha value is -6.71. The summed E-state index contributed by atoms with van der Waals surface area (Å²) >= 11 is 0. The topological polar surface area (TPSA) is 274 Å². The van der Waals surface area contributed by atoms with Crippen LogP contribution in [0.25, 0.3) is 0 Å². The van der Waals surface area contributed by atoms with Crippen LogP contribution in [0.1, 0.15) is 48.5 Å². The number of aliphatic carboxylic acids is 1. The summed E-state index contributed by atoms with van der Waals surface area (Å²) in [5, 5.41) is 30.6. The number of hydrogen-bond donors (Lipinski definition) is 8. The van der Waals surface area contributed by atoms with Gasteiger partial charge in [0.05, 0.1) is 6.10 Å². The van der Waals surface area contributed by atoms with E-state index in [2.05, 4.69) is 26.3 Å². The highest BCUT2D eigenvalue weighted by Crippen LogP contribution is 2.53. The van der Waals surface area contributed by atoms with E-state index in [0.29, 0.717) is 5.56 Å². The van der Waals surface area contributed by atoms with Crippen molar-refractivity contribution in [3.63, 3.8) is 0 Å². The van der Waals surface area contributed by atoms with Crippen molar-refractivity contribution in [3.8, 4) is 11.5 Å². The summed E-state index contributed by atoms with van der Waals surface area (Å²) in [6, 6.07) is 28.7. The van der Waals surface area contributed by atoms with E-state index in [9.17, 15) is 38.8 Å². The number of aliphatic imine (C=N–C) groups is 1. The fourth-order valence-corrected chi connectivity index (χ4v) is 7.65. The maximum Gasteiger partial charge on any atom is 0.453 e. The third kappa shape index (κ3) is 14.9. The fourth-order valence-electron chi connectivity index (χ4n) is 5.81. The van der Waals surface area contributed by atoms with Crippen molar-refractivity contribution in [3.05, 3.63) is 132 Å². The average molecular weight is 844 g/mol. The smallest absolute Gasteiger partial charge is 0.453 e. The Morgan fingerprint density at radius 3 is 1.70 bits per heavy atom. The normalized spacial score (nSPS) is 13.5. The van der Waals surface area contributed by atoms with Crippen LogP contribution < -0.4 is 41.8 Å². The van der Waals surface area contributed by atoms with Crippen molar-refractivity contribution in [1.82, 2.24) is 21.3 Å². The molecule has 0 fully saturated rings. The van der Waals surface area contributed by atoms with E-state index in [1.807, 2.05) is 0 Å². The lowest BCUT2D eigenvalue weighted by Gasteiger charge is -2.31. The monoisotopic (exact) mass is 843 g/mol. The van der Waals surface area contributed by atoms with Gasteiger partial charge in [-0.05, 0) is 68.1 Å². The number of nitrogens with two attached hydrogens (primary N) is 2. The van der Waals surface area contributed by atoms with Crippen LogP contribution in [0.4, 0.5) is 0 Å². The van der Waals surface area contributed by atoms with E-state index in [4.69, 9.17) is 20.5 Å². The van der Waals surface area contributed by atoms with Crippen molar-refractivity contribution in [2.24, 2.45) is 16.5 Å². The van der Waals surface area contributed by atoms with Gasteiger partial charge in [0.15, 0.2) is 11.7 Å². The second-order valence-corrected chi connectivity index (χ2v) is 15.7. The van der Waals surface area contributed by atoms with Crippen LogP contribution in [-0.2, 0) is 30.2 Å². The molecule has 0 aliphatic rings. The zero-order valence-corrected chi connectivity index (χ0v) is 33.8. The third-order valence-electron chi connectivity index (χ3n) is 8.86. The molecule has 0 saturated carbocycles. The van der Waals surface area contributed by atoms with E-state index >= 15 is 0 Å². The number of carbonyl (C=O) groups excluding carboxylic acids is 4. The number of guanidine groups is 1. The van der Waals surface area contributed by atoms with Crippen molar-refractivity contribution < 1.29 is 47.8 Å². The number of rotatable bonds is 23. The predicted molar refractivity (Wildman–Crippen MR) is 224 cm³/mol. The number of para-hydroxylation sites is 2. The first-order valence-corrected chi connectivity index (χ1v) is 20.7. The average Bonchev–Trinajstić information content (AvgIpc) is 3.23. The van der Waals surface area contributed by atoms with Gasteiger partial charge in [0.1, 0.15) is 29.6 Å². The van der Waals surface area contributed by atoms with Gasteiger partial charge in [-0.15, -0.1) is 0 Å². The van der Waals surface area contributed by atoms with Gasteiger partial charge in [0.25, 0.3) is 5.91 Å². The number of nitrogens with zero attached hydrogens (tertiary/aromatic N) is 1. The summed E-state index contributed by atoms with van der Waals surface area (Å²) in [5.74, 6) is -5.96. The van der Waals surface area contributed by atoms with Gasteiger partial charge < -0.3 is 52.0 Å². The maximum atomic E-state index is 15.0. The molecule has 0 radical (unpaired) electrons. The molecule has 0 saturated heterocycles. The number of carbonyl (C=O) groups is 5. The van der Waals surface area contributed by atoms with Gasteiger partial charge in [0, 0.05) is 24.9 Å². The van der Waals surface area contributed by atoms with Gasteiger partial charge in [-0.3, -0.25) is 29.0 Å². The molecule has 4 rings (SSSR count). The van der Waals surface area contributed by atoms with Crippen LogP contribution >= 0.6 is 7.60 Å². The van der Waals surface area contributed by atoms with E-state index in [1.165, 1.54) is 6.92 Å². The lowest BCUT2D eigenvalue weighted by molar-refractivity contribution is -0.138. The van der Waals surface area contributed by atoms with E-state index in [0.717, 1.165) is 0 Å². The molecule has 0 heterocycles. The molecule has 0 bridgehead atoms. The molecule has 0 unspecified atom stereocenters. The second-order valence-electron chi connectivity index (χ2n) is 13.6. The zero-order chi connectivity index (χ0) is 43.5. The molecule has 0 aliphatic heterocycles. The molecular formula is C42H50N7O10P. The molecule has 60 heavy (non-hydrogen) atoms. The standard InChI is InChI=1S/C42H50N7O10P/c1-28(50)37(41(56)48-35(27-29-15-6-2-7-16-29)60(57,58-31-19-10-4-11-20-31)59-32-21-12-5-13-22-32)49-40(55)34(24-25-36(51)52)47-39(54)33(23-14-26-45-42(43)44)46-38(53)30-17-8-3-9-18-30/h2-13,15-22,28,33-35,37,50H,14,23-27H2,1H3,(H,46,53)(H,47,54)(H,48,56)(H,49,55)(H,51,52)(H4,43,44,45)/t28-,33+,34+,35-,37+/m1/s1. The summed E-state index contributed by atoms with van der Waals surface area (Å²) in [6.45, 7) is 1.35. The molecule has 318 valence electrons. The first-order chi connectivity index (χ1) is 28.7. The van der Waals surface area contributed by atoms with E-state index in [1.54, 1.807) is 121 Å². The maximum absolute atomic E-state index is 15.0. The molecule has 0 aromatic heterocycles. The number of aliphatic hydroxyl groups is 1. The zero-order valence-electron chi connectivity index (χ0n) is 32.9. The highest BCUT2D eigenvalue weighted by molar-refractivity contribution is 7.55. The van der Waals surface area contributed by atoms with Gasteiger partial charge in [0.2, 0.25) is 17.7 Å². The van der Waals surface area contributed by atoms with Gasteiger partial charge in [-0.25, -0.2) is 4.57 Å². The predicted octanol–water partition coefficient (Wildman–Crippen LogP) is 3.09. The lowest BCUT2D eigenvalue weighted by Crippen LogP contribution is -2.60. The first-order valence-electron chi connectivity index (χ1n) is 19.1. The molecule has 18 heteroatoms. The molecule has 4 aromatic carbocycles. The minimum absolute atomic E-state index is 0.0200. The molecule has 4 aromatic rings. The number of carboxylic acids is 1. The second kappa shape index (κ2) is 23.0. The highest BCUT2D eigenvalue weighted by atomic mass is 31.2. The van der Waals surface area contributed by atoms with Gasteiger partial charge in [-0.1, -0.05) is 84.9 Å². The van der Waals surface area contributed by atoms with Crippen LogP contribution in [0.3, 0.4) is 0 Å². The van der Waals surface area contributed by atoms with Crippen molar-refractivity contribution in [1.29, 1.82) is 0 Å². The van der Waals surface area contributed by atoms with Crippen LogP contribution in [0.5, 0.6) is 11.5 Å². The van der Waals surface area contributed by atoms with Crippen LogP contribution in [0.2, 0.25) is 0 Å². The third-order valence-corrected chi connectivity index (χ3v) is 10.9. The molecular weight excluding hydrogens is 793 g/mol. The number of nitrogens with one attached hydrogen (secondary N) is 4. The fraction of sp³-hybridized carbons (Fsp3) is 0.286. The van der Waals surface area contributed by atoms with E-state index < -0.39 is 80.0 Å². The summed E-state index contributed by atoms with van der Waals surface area (Å²) < 4.78 is 27.1. The van der Waals surface area contributed by atoms with Crippen LogP contribution in [-0.4, -0.2) is 82.3 Å². The number of carboxylic acid groups (broad SMARTS) is 1. The Labute approximate surface area is 347 Å². The van der Waals surface area contributed by atoms with Gasteiger partial charge >= 0.3 is 13.6 Å². The Kier molecular flexibility index (Phi) is 17.6. The van der Waals surface area contributed by atoms with Gasteiger partial charge in [-0.2, -0.15) is 0 Å². The Balaban J connectivity index is 1.61. The van der Waals surface area contributed by atoms with Crippen molar-refractivity contribution >= 4 is 43.2 Å². The summed E-state index contributed by atoms with van der Waals surface area (Å²) in [4.78, 5) is 70.5. The minimum atomic E-state index is -4.42. The molecule has 0 spiro atoms. The minimum Gasteiger partial charge on any atom is -0.481 e. The summed E-state index contributed by atoms with van der Waals surface area (Å²) in [7, 11) is -4.42. The van der Waals surface area contributed by atoms with Crippen LogP contribution in [0.15, 0.2) is 126 Å². The van der Waals surface area contributed by atoms with Crippen molar-refractivity contribution in [2.75, 3.05) is 6.54 Å². The quantitative estimate of drug-likeness (QED) is 0.0232. The Morgan fingerprint density at radius 1 is 0.683 bits per heavy atom. The molecule has 10 N–H and O–H groups in total. The lowest BCUT2D eigenvalue weighted by atomic mass is 10.1. The molecule has 5 atom stereocenters. The largest absolute Gasteiger partial charge is 0.481 e. The molecule has 17 nitrogen and oxygen atoms in total. The van der Waals surface area contributed by atoms with Crippen molar-refractivity contribution in [2.45, 2.75) is 69.0 Å². The Bertz CT molecular complexity index is 2050. The number of hydrogen-bond acceptors (Lipinski definition) is 10. The Morgan fingerprint density at radius 2 is 1.18 bits per heavy atom. The molecule has 4 amide bonds. The SMILES string of the molecule is C[C@@H](O)[C@H](NC(=O)[C@H](CCC(=O)O)NC(=O)[C@H](CCCN=C(N)N)NC(=O)c1ccccc1)C(=O)N[C@@H](Cc1ccccc1)P(=O)(Oc1ccccc1)Oc1ccccc1. The van der Waals surface area contributed by atoms with Crippen LogP contribution in [0, 0.1) is 0 Å². The molecule has 0 aliphatic carbocycles. The summed E-state index contributed by atoms with van der Waals surface area (Å²) in [6.07, 6.45) is -2.41. The van der Waals surface area contributed by atoms with E-state index in [-0.39, 0.29) is 48.8 Å². The number of amides is 4. The summed E-state index contributed by atoms with van der Waals surface area (Å²) in [5.41, 5.74) is 11.7. The first kappa shape index (κ1) is 46.0. The number of aliphatic hydroxyl groups excluding tert-OH is 1. The highest BCUT2D eigenvalue weighted by Gasteiger charge is 2.43. The number of benzene rings is 4.